The lowest BCUT2D eigenvalue weighted by Gasteiger charge is -2.35. The molecule has 118 valence electrons. The largest absolute Gasteiger partial charge is 0.354 e. The van der Waals surface area contributed by atoms with E-state index in [1.165, 1.54) is 6.20 Å². The lowest BCUT2D eigenvalue weighted by atomic mass is 10.2. The summed E-state index contributed by atoms with van der Waals surface area (Å²) in [5, 5.41) is 3.38. The number of aromatic nitrogens is 1. The van der Waals surface area contributed by atoms with E-state index in [2.05, 4.69) is 40.9 Å². The number of hydrogen-bond acceptors (Lipinski definition) is 4. The van der Waals surface area contributed by atoms with E-state index in [4.69, 9.17) is 0 Å². The Hall–Kier alpha value is -1.20. The molecule has 0 atom stereocenters. The molecule has 0 bridgehead atoms. The molecule has 0 aromatic carbocycles. The van der Waals surface area contributed by atoms with Gasteiger partial charge in [0.25, 0.3) is 0 Å². The summed E-state index contributed by atoms with van der Waals surface area (Å²) in [7, 11) is 0. The maximum absolute atomic E-state index is 13.5. The molecule has 1 aromatic heterocycles. The average Bonchev–Trinajstić information content (AvgIpc) is 2.47. The number of halogens is 1. The van der Waals surface area contributed by atoms with Crippen molar-refractivity contribution in [1.82, 2.24) is 15.2 Å². The lowest BCUT2D eigenvalue weighted by molar-refractivity contribution is 0.270. The van der Waals surface area contributed by atoms with Crippen LogP contribution in [0.2, 0.25) is 0 Å². The second-order valence-electron chi connectivity index (χ2n) is 6.08. The number of hydrogen-bond donors (Lipinski definition) is 1. The van der Waals surface area contributed by atoms with E-state index in [-0.39, 0.29) is 5.82 Å². The van der Waals surface area contributed by atoms with Gasteiger partial charge in [0.2, 0.25) is 0 Å². The maximum Gasteiger partial charge on any atom is 0.141 e. The van der Waals surface area contributed by atoms with Crippen LogP contribution < -0.4 is 10.2 Å². The highest BCUT2D eigenvalue weighted by atomic mass is 19.1. The molecule has 1 aromatic rings. The standard InChI is InChI=1S/C16H27FN4/c1-4-20-5-7-21(8-6-20)16-14(9-15(17)12-19-16)11-18-10-13(2)3/h9,12-13,18H,4-8,10-11H2,1-3H3. The van der Waals surface area contributed by atoms with Gasteiger partial charge in [-0.2, -0.15) is 0 Å². The fourth-order valence-corrected chi connectivity index (χ4v) is 2.66. The quantitative estimate of drug-likeness (QED) is 0.871. The number of likely N-dealkylation sites (N-methyl/N-ethyl adjacent to an activating group) is 1. The molecule has 1 saturated heterocycles. The Morgan fingerprint density at radius 2 is 2.00 bits per heavy atom. The van der Waals surface area contributed by atoms with Crippen molar-refractivity contribution >= 4 is 5.82 Å². The van der Waals surface area contributed by atoms with Crippen LogP contribution >= 0.6 is 0 Å². The summed E-state index contributed by atoms with van der Waals surface area (Å²) in [4.78, 5) is 9.05. The van der Waals surface area contributed by atoms with E-state index < -0.39 is 0 Å². The lowest BCUT2D eigenvalue weighted by Crippen LogP contribution is -2.46. The summed E-state index contributed by atoms with van der Waals surface area (Å²) < 4.78 is 13.5. The number of rotatable bonds is 6. The molecule has 2 heterocycles. The number of piperazine rings is 1. The van der Waals surface area contributed by atoms with Gasteiger partial charge in [-0.05, 0) is 25.1 Å². The Balaban J connectivity index is 2.04. The van der Waals surface area contributed by atoms with Gasteiger partial charge in [0, 0.05) is 38.3 Å². The van der Waals surface area contributed by atoms with Gasteiger partial charge >= 0.3 is 0 Å². The van der Waals surface area contributed by atoms with Crippen molar-refractivity contribution in [2.45, 2.75) is 27.3 Å². The maximum atomic E-state index is 13.5. The second kappa shape index (κ2) is 7.71. The molecule has 0 radical (unpaired) electrons. The van der Waals surface area contributed by atoms with Crippen molar-refractivity contribution in [3.05, 3.63) is 23.6 Å². The molecule has 0 aliphatic carbocycles. The molecule has 4 nitrogen and oxygen atoms in total. The van der Waals surface area contributed by atoms with Crippen LogP contribution in [0.5, 0.6) is 0 Å². The smallest absolute Gasteiger partial charge is 0.141 e. The van der Waals surface area contributed by atoms with Crippen molar-refractivity contribution in [3.63, 3.8) is 0 Å². The fourth-order valence-electron chi connectivity index (χ4n) is 2.66. The Morgan fingerprint density at radius 3 is 2.62 bits per heavy atom. The van der Waals surface area contributed by atoms with Crippen molar-refractivity contribution in [2.24, 2.45) is 5.92 Å². The summed E-state index contributed by atoms with van der Waals surface area (Å²) in [5.74, 6) is 1.26. The van der Waals surface area contributed by atoms with Crippen LogP contribution in [-0.4, -0.2) is 49.2 Å². The van der Waals surface area contributed by atoms with Crippen molar-refractivity contribution in [1.29, 1.82) is 0 Å². The minimum absolute atomic E-state index is 0.257. The van der Waals surface area contributed by atoms with Gasteiger partial charge in [0.05, 0.1) is 6.20 Å². The van der Waals surface area contributed by atoms with Crippen molar-refractivity contribution < 1.29 is 4.39 Å². The van der Waals surface area contributed by atoms with Gasteiger partial charge in [-0.25, -0.2) is 9.37 Å². The highest BCUT2D eigenvalue weighted by Crippen LogP contribution is 2.20. The minimum atomic E-state index is -0.257. The van der Waals surface area contributed by atoms with Gasteiger partial charge in [-0.1, -0.05) is 20.8 Å². The summed E-state index contributed by atoms with van der Waals surface area (Å²) in [6.45, 7) is 13.2. The zero-order chi connectivity index (χ0) is 15.2. The average molecular weight is 294 g/mol. The van der Waals surface area contributed by atoms with Crippen LogP contribution in [0.15, 0.2) is 12.3 Å². The van der Waals surface area contributed by atoms with Crippen LogP contribution in [0.4, 0.5) is 10.2 Å². The molecule has 1 fully saturated rings. The van der Waals surface area contributed by atoms with E-state index in [0.717, 1.165) is 50.6 Å². The first-order chi connectivity index (χ1) is 10.1. The number of pyridine rings is 1. The van der Waals surface area contributed by atoms with E-state index in [1.807, 2.05) is 0 Å². The summed E-state index contributed by atoms with van der Waals surface area (Å²) in [6, 6.07) is 1.61. The van der Waals surface area contributed by atoms with Crippen LogP contribution in [0.25, 0.3) is 0 Å². The fraction of sp³-hybridized carbons (Fsp3) is 0.688. The third-order valence-corrected chi connectivity index (χ3v) is 3.90. The monoisotopic (exact) mass is 294 g/mol. The highest BCUT2D eigenvalue weighted by molar-refractivity contribution is 5.47. The van der Waals surface area contributed by atoms with Crippen LogP contribution in [-0.2, 0) is 6.54 Å². The molecule has 21 heavy (non-hydrogen) atoms. The first kappa shape index (κ1) is 16.2. The Morgan fingerprint density at radius 1 is 1.29 bits per heavy atom. The van der Waals surface area contributed by atoms with Crippen molar-refractivity contribution in [2.75, 3.05) is 44.2 Å². The third-order valence-electron chi connectivity index (χ3n) is 3.90. The second-order valence-corrected chi connectivity index (χ2v) is 6.08. The van der Waals surface area contributed by atoms with Gasteiger partial charge in [-0.3, -0.25) is 0 Å². The molecule has 5 heteroatoms. The van der Waals surface area contributed by atoms with E-state index in [9.17, 15) is 4.39 Å². The SMILES string of the molecule is CCN1CCN(c2ncc(F)cc2CNCC(C)C)CC1. The summed E-state index contributed by atoms with van der Waals surface area (Å²) in [5.41, 5.74) is 0.959. The molecule has 0 saturated carbocycles. The van der Waals surface area contributed by atoms with Crippen LogP contribution in [0, 0.1) is 11.7 Å². The number of nitrogens with one attached hydrogen (secondary N) is 1. The number of nitrogens with zero attached hydrogens (tertiary/aromatic N) is 3. The summed E-state index contributed by atoms with van der Waals surface area (Å²) in [6.07, 6.45) is 1.33. The Kier molecular flexibility index (Phi) is 5.94. The molecule has 0 amide bonds. The molecule has 1 aliphatic heterocycles. The van der Waals surface area contributed by atoms with Crippen LogP contribution in [0.1, 0.15) is 26.3 Å². The van der Waals surface area contributed by atoms with E-state index in [1.54, 1.807) is 6.07 Å². The van der Waals surface area contributed by atoms with Gasteiger partial charge in [-0.15, -0.1) is 0 Å². The normalized spacial score (nSPS) is 16.7. The Bertz CT molecular complexity index is 442. The topological polar surface area (TPSA) is 31.4 Å². The van der Waals surface area contributed by atoms with Gasteiger partial charge < -0.3 is 15.1 Å². The molecular weight excluding hydrogens is 267 g/mol. The first-order valence-electron chi connectivity index (χ1n) is 7.92. The van der Waals surface area contributed by atoms with Crippen LogP contribution in [0.3, 0.4) is 0 Å². The number of anilines is 1. The molecule has 2 rings (SSSR count). The van der Waals surface area contributed by atoms with Gasteiger partial charge in [0.15, 0.2) is 0 Å². The zero-order valence-corrected chi connectivity index (χ0v) is 13.4. The minimum Gasteiger partial charge on any atom is -0.354 e. The first-order valence-corrected chi connectivity index (χ1v) is 7.92. The summed E-state index contributed by atoms with van der Waals surface area (Å²) >= 11 is 0. The van der Waals surface area contributed by atoms with E-state index in [0.29, 0.717) is 12.5 Å². The molecular formula is C16H27FN4. The predicted molar refractivity (Wildman–Crippen MR) is 85.1 cm³/mol. The van der Waals surface area contributed by atoms with E-state index >= 15 is 0 Å². The molecule has 1 N–H and O–H groups in total. The molecule has 0 unspecified atom stereocenters. The highest BCUT2D eigenvalue weighted by Gasteiger charge is 2.19. The van der Waals surface area contributed by atoms with Gasteiger partial charge in [0.1, 0.15) is 11.6 Å². The zero-order valence-electron chi connectivity index (χ0n) is 13.4. The molecule has 0 spiro atoms. The third kappa shape index (κ3) is 4.64. The molecule has 1 aliphatic rings. The predicted octanol–water partition coefficient (Wildman–Crippen LogP) is 2.11. The Labute approximate surface area is 127 Å². The van der Waals surface area contributed by atoms with Crippen molar-refractivity contribution in [3.8, 4) is 0 Å².